The number of carbonyl (C=O) groups is 1. The second-order valence-corrected chi connectivity index (χ2v) is 14.7. The van der Waals surface area contributed by atoms with E-state index in [-0.39, 0.29) is 11.9 Å². The van der Waals surface area contributed by atoms with Gasteiger partial charge in [0, 0.05) is 65.5 Å². The Labute approximate surface area is 312 Å². The molecule has 4 aromatic heterocycles. The van der Waals surface area contributed by atoms with Crippen molar-refractivity contribution in [2.24, 2.45) is 14.1 Å². The minimum atomic E-state index is -0.0662. The number of nitrogens with zero attached hydrogens (tertiary/aromatic N) is 8. The van der Waals surface area contributed by atoms with E-state index in [9.17, 15) is 0 Å². The van der Waals surface area contributed by atoms with Gasteiger partial charge in [0.25, 0.3) is 5.91 Å². The Balaban J connectivity index is 1.26. The van der Waals surface area contributed by atoms with Crippen molar-refractivity contribution >= 4 is 56.6 Å². The van der Waals surface area contributed by atoms with Crippen molar-refractivity contribution in [3.63, 3.8) is 0 Å². The van der Waals surface area contributed by atoms with Crippen molar-refractivity contribution in [3.8, 4) is 22.6 Å². The summed E-state index contributed by atoms with van der Waals surface area (Å²) in [5.74, 6) is 0.742. The number of benzene rings is 3. The van der Waals surface area contributed by atoms with E-state index >= 15 is 4.79 Å². The Kier molecular flexibility index (Phi) is 8.42. The second-order valence-electron chi connectivity index (χ2n) is 13.9. The Morgan fingerprint density at radius 3 is 2.42 bits per heavy atom. The van der Waals surface area contributed by atoms with Crippen LogP contribution in [0, 0.1) is 27.7 Å². The highest BCUT2D eigenvalue weighted by Gasteiger charge is 2.37. The monoisotopic (exact) mass is 734 g/mol. The van der Waals surface area contributed by atoms with Crippen LogP contribution in [0.15, 0.2) is 61.3 Å². The van der Waals surface area contributed by atoms with E-state index in [4.69, 9.17) is 33.0 Å². The molecule has 266 valence electrons. The molecule has 0 N–H and O–H groups in total. The van der Waals surface area contributed by atoms with Crippen LogP contribution >= 0.6 is 23.2 Å². The van der Waals surface area contributed by atoms with Crippen molar-refractivity contribution in [2.45, 2.75) is 53.5 Å². The van der Waals surface area contributed by atoms with Gasteiger partial charge < -0.3 is 18.8 Å². The molecule has 3 aromatic carbocycles. The lowest BCUT2D eigenvalue weighted by atomic mass is 9.98. The van der Waals surface area contributed by atoms with Gasteiger partial charge in [-0.05, 0) is 101 Å². The maximum atomic E-state index is 15.1. The van der Waals surface area contributed by atoms with Crippen LogP contribution in [0.3, 0.4) is 0 Å². The second kappa shape index (κ2) is 12.9. The minimum absolute atomic E-state index is 0.0467. The highest BCUT2D eigenvalue weighted by molar-refractivity contribution is 6.35. The molecule has 0 saturated heterocycles. The quantitative estimate of drug-likeness (QED) is 0.146. The van der Waals surface area contributed by atoms with Crippen LogP contribution < -0.4 is 9.64 Å². The van der Waals surface area contributed by atoms with Crippen LogP contribution in [0.1, 0.15) is 58.0 Å². The first-order chi connectivity index (χ1) is 24.9. The molecule has 5 heterocycles. The van der Waals surface area contributed by atoms with E-state index in [0.29, 0.717) is 36.7 Å². The van der Waals surface area contributed by atoms with Gasteiger partial charge in [0.2, 0.25) is 0 Å². The van der Waals surface area contributed by atoms with Crippen LogP contribution in [-0.2, 0) is 20.5 Å². The Morgan fingerprint density at radius 2 is 1.73 bits per heavy atom. The van der Waals surface area contributed by atoms with Crippen LogP contribution in [0.4, 0.5) is 5.69 Å². The number of aryl methyl sites for hydroxylation is 6. The average Bonchev–Trinajstić information content (AvgIpc) is 3.89. The molecule has 12 heteroatoms. The zero-order valence-electron chi connectivity index (χ0n) is 30.3. The zero-order valence-corrected chi connectivity index (χ0v) is 31.8. The van der Waals surface area contributed by atoms with Gasteiger partial charge in [-0.2, -0.15) is 10.2 Å². The van der Waals surface area contributed by atoms with E-state index in [1.165, 1.54) is 6.33 Å². The van der Waals surface area contributed by atoms with Crippen LogP contribution in [0.25, 0.3) is 38.6 Å². The molecule has 0 aliphatic carbocycles. The Hall–Kier alpha value is -5.06. The lowest BCUT2D eigenvalue weighted by molar-refractivity contribution is 0.0957. The molecule has 10 nitrogen and oxygen atoms in total. The largest absolute Gasteiger partial charge is 0.494 e. The fraction of sp³-hybridized carbons (Fsp3) is 0.300. The van der Waals surface area contributed by atoms with Crippen LogP contribution in [0.2, 0.25) is 10.0 Å². The van der Waals surface area contributed by atoms with Crippen molar-refractivity contribution < 1.29 is 9.53 Å². The molecule has 1 amide bonds. The third kappa shape index (κ3) is 5.38. The number of hydrogen-bond donors (Lipinski definition) is 0. The third-order valence-corrected chi connectivity index (χ3v) is 11.4. The van der Waals surface area contributed by atoms with Gasteiger partial charge >= 0.3 is 0 Å². The summed E-state index contributed by atoms with van der Waals surface area (Å²) >= 11 is 13.5. The molecule has 0 saturated carbocycles. The molecule has 0 spiro atoms. The number of carbonyl (C=O) groups excluding carboxylic acids is 1. The summed E-state index contributed by atoms with van der Waals surface area (Å²) in [5, 5.41) is 12.4. The first kappa shape index (κ1) is 34.0. The lowest BCUT2D eigenvalue weighted by Gasteiger charge is -2.34. The Morgan fingerprint density at radius 1 is 0.962 bits per heavy atom. The molecule has 52 heavy (non-hydrogen) atoms. The molecule has 0 radical (unpaired) electrons. The molecule has 1 atom stereocenters. The summed E-state index contributed by atoms with van der Waals surface area (Å²) in [4.78, 5) is 21.2. The smallest absolute Gasteiger partial charge is 0.275 e. The van der Waals surface area contributed by atoms with E-state index in [1.807, 2.05) is 74.9 Å². The highest BCUT2D eigenvalue weighted by Crippen LogP contribution is 2.46. The molecule has 8 rings (SSSR count). The van der Waals surface area contributed by atoms with Crippen molar-refractivity contribution in [3.05, 3.63) is 105 Å². The van der Waals surface area contributed by atoms with Gasteiger partial charge in [-0.3, -0.25) is 9.48 Å². The SMILES string of the molecule is Cc1cc(OCCCc2c3n(c4c(-c5c(C)nn(C)c5C)c(Cl)ccc24)[C@H](C)CN(c2cn(C)c4ccc(-n5cncn5)cc24)C3=O)cc(C)c1Cl. The summed E-state index contributed by atoms with van der Waals surface area (Å²) in [6.07, 6.45) is 6.58. The minimum Gasteiger partial charge on any atom is -0.494 e. The maximum Gasteiger partial charge on any atom is 0.275 e. The molecular formula is C40H40Cl2N8O2. The summed E-state index contributed by atoms with van der Waals surface area (Å²) < 4.78 is 14.2. The Bertz CT molecular complexity index is 2520. The van der Waals surface area contributed by atoms with Crippen molar-refractivity contribution in [2.75, 3.05) is 18.1 Å². The van der Waals surface area contributed by atoms with Gasteiger partial charge in [0.05, 0.1) is 39.7 Å². The fourth-order valence-electron chi connectivity index (χ4n) is 8.00. The fourth-order valence-corrected chi connectivity index (χ4v) is 8.35. The van der Waals surface area contributed by atoms with E-state index < -0.39 is 0 Å². The third-order valence-electron chi connectivity index (χ3n) is 10.5. The molecule has 1 aliphatic rings. The predicted molar refractivity (Wildman–Crippen MR) is 208 cm³/mol. The van der Waals surface area contributed by atoms with Gasteiger partial charge in [-0.1, -0.05) is 29.3 Å². The average molecular weight is 736 g/mol. The van der Waals surface area contributed by atoms with Crippen molar-refractivity contribution in [1.29, 1.82) is 0 Å². The van der Waals surface area contributed by atoms with Gasteiger partial charge in [0.15, 0.2) is 0 Å². The number of anilines is 1. The molecule has 0 bridgehead atoms. The van der Waals surface area contributed by atoms with E-state index in [1.54, 1.807) is 11.0 Å². The first-order valence-electron chi connectivity index (χ1n) is 17.5. The first-order valence-corrected chi connectivity index (χ1v) is 18.2. The standard InChI is InChI=1S/C40H40Cl2N8O2/c1-22-15-28(16-23(2)37(22)42)52-14-8-9-29-30-11-12-32(41)36(35-25(4)45-47(7)26(35)5)38(30)50-24(3)18-48(40(51)39(29)50)34-19-46(6)33-13-10-27(17-31(33)34)49-21-43-20-44-49/h10-13,15-17,19-21,24H,8-9,14,18H2,1-7H3/t24-/m1/s1. The number of aromatic nitrogens is 7. The number of amides is 1. The number of hydrogen-bond acceptors (Lipinski definition) is 5. The maximum absolute atomic E-state index is 15.1. The van der Waals surface area contributed by atoms with Gasteiger partial charge in [0.1, 0.15) is 24.1 Å². The summed E-state index contributed by atoms with van der Waals surface area (Å²) in [6.45, 7) is 11.2. The normalized spacial score (nSPS) is 14.6. The van der Waals surface area contributed by atoms with E-state index in [2.05, 4.69) is 51.3 Å². The zero-order chi connectivity index (χ0) is 36.6. The van der Waals surface area contributed by atoms with Gasteiger partial charge in [-0.25, -0.2) is 9.67 Å². The number of ether oxygens (including phenoxy) is 1. The molecular weight excluding hydrogens is 695 g/mol. The topological polar surface area (TPSA) is 87.9 Å². The number of rotatable bonds is 8. The summed E-state index contributed by atoms with van der Waals surface area (Å²) in [5.41, 5.74) is 11.2. The number of fused-ring (bicyclic) bond motifs is 4. The highest BCUT2D eigenvalue weighted by atomic mass is 35.5. The molecule has 7 aromatic rings. The predicted octanol–water partition coefficient (Wildman–Crippen LogP) is 8.89. The summed E-state index contributed by atoms with van der Waals surface area (Å²) in [7, 11) is 3.96. The van der Waals surface area contributed by atoms with Crippen LogP contribution in [-0.4, -0.2) is 52.7 Å². The molecule has 0 fully saturated rings. The molecule has 0 unspecified atom stereocenters. The number of halogens is 2. The summed E-state index contributed by atoms with van der Waals surface area (Å²) in [6, 6.07) is 14.1. The van der Waals surface area contributed by atoms with E-state index in [0.717, 1.165) is 83.2 Å². The lowest BCUT2D eigenvalue weighted by Crippen LogP contribution is -2.42. The molecule has 1 aliphatic heterocycles. The van der Waals surface area contributed by atoms with Crippen molar-refractivity contribution in [1.82, 2.24) is 33.7 Å². The van der Waals surface area contributed by atoms with Gasteiger partial charge in [-0.15, -0.1) is 0 Å². The van der Waals surface area contributed by atoms with Crippen LogP contribution in [0.5, 0.6) is 5.75 Å².